The summed E-state index contributed by atoms with van der Waals surface area (Å²) in [6.45, 7) is 8.77. The lowest BCUT2D eigenvalue weighted by atomic mass is 10.2. The summed E-state index contributed by atoms with van der Waals surface area (Å²) in [5, 5.41) is 3.46. The monoisotopic (exact) mass is 292 g/mol. The van der Waals surface area contributed by atoms with Crippen LogP contribution in [0.1, 0.15) is 13.8 Å². The zero-order chi connectivity index (χ0) is 14.7. The van der Waals surface area contributed by atoms with Crippen molar-refractivity contribution < 1.29 is 14.2 Å². The number of anilines is 2. The SMILES string of the molecule is CC1(C)OCC(Nc2ccc(N3CCOCC3)cc2)CO1. The van der Waals surface area contributed by atoms with Gasteiger partial charge in [0.15, 0.2) is 5.79 Å². The molecule has 0 atom stereocenters. The Labute approximate surface area is 126 Å². The third kappa shape index (κ3) is 3.87. The first kappa shape index (κ1) is 14.6. The Morgan fingerprint density at radius 3 is 2.29 bits per heavy atom. The maximum Gasteiger partial charge on any atom is 0.162 e. The Hall–Kier alpha value is -1.30. The quantitative estimate of drug-likeness (QED) is 0.924. The fraction of sp³-hybridized carbons (Fsp3) is 0.625. The molecule has 0 aromatic heterocycles. The van der Waals surface area contributed by atoms with Crippen molar-refractivity contribution in [2.24, 2.45) is 0 Å². The van der Waals surface area contributed by atoms with Crippen molar-refractivity contribution in [3.05, 3.63) is 24.3 Å². The van der Waals surface area contributed by atoms with E-state index in [1.54, 1.807) is 0 Å². The second-order valence-electron chi connectivity index (χ2n) is 6.01. The van der Waals surface area contributed by atoms with Gasteiger partial charge in [-0.15, -0.1) is 0 Å². The molecule has 2 saturated heterocycles. The van der Waals surface area contributed by atoms with Crippen LogP contribution in [0, 0.1) is 0 Å². The van der Waals surface area contributed by atoms with E-state index in [2.05, 4.69) is 34.5 Å². The lowest BCUT2D eigenvalue weighted by Gasteiger charge is -2.35. The Bertz CT molecular complexity index is 445. The summed E-state index contributed by atoms with van der Waals surface area (Å²) >= 11 is 0. The molecule has 0 unspecified atom stereocenters. The molecule has 2 aliphatic rings. The number of morpholine rings is 1. The summed E-state index contributed by atoms with van der Waals surface area (Å²) in [7, 11) is 0. The molecule has 0 bridgehead atoms. The largest absolute Gasteiger partial charge is 0.378 e. The smallest absolute Gasteiger partial charge is 0.162 e. The molecular weight excluding hydrogens is 268 g/mol. The van der Waals surface area contributed by atoms with Gasteiger partial charge in [0.25, 0.3) is 0 Å². The van der Waals surface area contributed by atoms with Crippen molar-refractivity contribution in [3.63, 3.8) is 0 Å². The van der Waals surface area contributed by atoms with E-state index in [0.29, 0.717) is 13.2 Å². The molecule has 2 aliphatic heterocycles. The predicted molar refractivity (Wildman–Crippen MR) is 82.9 cm³/mol. The van der Waals surface area contributed by atoms with E-state index in [1.807, 2.05) is 13.8 Å². The summed E-state index contributed by atoms with van der Waals surface area (Å²) in [6, 6.07) is 8.74. The minimum Gasteiger partial charge on any atom is -0.378 e. The lowest BCUT2D eigenvalue weighted by molar-refractivity contribution is -0.247. The number of nitrogens with one attached hydrogen (secondary N) is 1. The van der Waals surface area contributed by atoms with Gasteiger partial charge >= 0.3 is 0 Å². The van der Waals surface area contributed by atoms with E-state index in [-0.39, 0.29) is 6.04 Å². The molecule has 5 heteroatoms. The molecule has 1 aromatic carbocycles. The first-order valence-electron chi connectivity index (χ1n) is 7.60. The summed E-state index contributed by atoms with van der Waals surface area (Å²) < 4.78 is 16.7. The Balaban J connectivity index is 1.55. The lowest BCUT2D eigenvalue weighted by Crippen LogP contribution is -2.45. The van der Waals surface area contributed by atoms with E-state index in [1.165, 1.54) is 5.69 Å². The molecule has 0 aliphatic carbocycles. The Kier molecular flexibility index (Phi) is 4.33. The van der Waals surface area contributed by atoms with Crippen LogP contribution in [0.5, 0.6) is 0 Å². The molecule has 116 valence electrons. The van der Waals surface area contributed by atoms with Gasteiger partial charge in [0.1, 0.15) is 0 Å². The van der Waals surface area contributed by atoms with Gasteiger partial charge in [-0.3, -0.25) is 0 Å². The van der Waals surface area contributed by atoms with Crippen LogP contribution in [0.3, 0.4) is 0 Å². The van der Waals surface area contributed by atoms with Crippen LogP contribution in [0.25, 0.3) is 0 Å². The molecule has 0 saturated carbocycles. The van der Waals surface area contributed by atoms with Crippen molar-refractivity contribution in [1.29, 1.82) is 0 Å². The highest BCUT2D eigenvalue weighted by Crippen LogP contribution is 2.22. The van der Waals surface area contributed by atoms with Gasteiger partial charge in [0.2, 0.25) is 0 Å². The average molecular weight is 292 g/mol. The van der Waals surface area contributed by atoms with Crippen LogP contribution in [-0.4, -0.2) is 51.3 Å². The maximum atomic E-state index is 5.66. The molecule has 2 heterocycles. The third-order valence-corrected chi connectivity index (χ3v) is 3.88. The van der Waals surface area contributed by atoms with E-state index in [0.717, 1.165) is 32.0 Å². The number of hydrogen-bond donors (Lipinski definition) is 1. The van der Waals surface area contributed by atoms with Gasteiger partial charge in [0.05, 0.1) is 32.5 Å². The molecule has 0 radical (unpaired) electrons. The summed E-state index contributed by atoms with van der Waals surface area (Å²) in [4.78, 5) is 2.35. The van der Waals surface area contributed by atoms with E-state index in [9.17, 15) is 0 Å². The number of benzene rings is 1. The summed E-state index contributed by atoms with van der Waals surface area (Å²) in [5.41, 5.74) is 2.35. The van der Waals surface area contributed by atoms with E-state index >= 15 is 0 Å². The fourth-order valence-corrected chi connectivity index (χ4v) is 2.60. The van der Waals surface area contributed by atoms with Crippen LogP contribution in [0.2, 0.25) is 0 Å². The second-order valence-corrected chi connectivity index (χ2v) is 6.01. The molecule has 1 aromatic rings. The standard InChI is InChI=1S/C16H24N2O3/c1-16(2)20-11-14(12-21-16)17-13-3-5-15(6-4-13)18-7-9-19-10-8-18/h3-6,14,17H,7-12H2,1-2H3. The zero-order valence-electron chi connectivity index (χ0n) is 12.8. The van der Waals surface area contributed by atoms with Crippen LogP contribution in [0.4, 0.5) is 11.4 Å². The van der Waals surface area contributed by atoms with E-state index < -0.39 is 5.79 Å². The molecular formula is C16H24N2O3. The first-order chi connectivity index (χ1) is 10.1. The zero-order valence-corrected chi connectivity index (χ0v) is 12.8. The highest BCUT2D eigenvalue weighted by molar-refractivity contribution is 5.55. The van der Waals surface area contributed by atoms with Gasteiger partial charge in [-0.25, -0.2) is 0 Å². The van der Waals surface area contributed by atoms with E-state index in [4.69, 9.17) is 14.2 Å². The van der Waals surface area contributed by atoms with Crippen LogP contribution in [0.15, 0.2) is 24.3 Å². The topological polar surface area (TPSA) is 43.0 Å². The Morgan fingerprint density at radius 1 is 1.05 bits per heavy atom. The molecule has 2 fully saturated rings. The molecule has 0 spiro atoms. The summed E-state index contributed by atoms with van der Waals surface area (Å²) in [6.07, 6.45) is 0. The van der Waals surface area contributed by atoms with Gasteiger partial charge in [0, 0.05) is 24.5 Å². The molecule has 3 rings (SSSR count). The summed E-state index contributed by atoms with van der Waals surface area (Å²) in [5.74, 6) is -0.460. The van der Waals surface area contributed by atoms with Gasteiger partial charge < -0.3 is 24.4 Å². The number of hydrogen-bond acceptors (Lipinski definition) is 5. The Morgan fingerprint density at radius 2 is 1.67 bits per heavy atom. The highest BCUT2D eigenvalue weighted by atomic mass is 16.7. The fourth-order valence-electron chi connectivity index (χ4n) is 2.60. The average Bonchev–Trinajstić information content (AvgIpc) is 2.51. The molecule has 1 N–H and O–H groups in total. The minimum absolute atomic E-state index is 0.201. The van der Waals surface area contributed by atoms with Crippen LogP contribution in [-0.2, 0) is 14.2 Å². The van der Waals surface area contributed by atoms with Crippen LogP contribution < -0.4 is 10.2 Å². The van der Waals surface area contributed by atoms with Gasteiger partial charge in [-0.05, 0) is 38.1 Å². The van der Waals surface area contributed by atoms with Gasteiger partial charge in [-0.2, -0.15) is 0 Å². The van der Waals surface area contributed by atoms with Crippen molar-refractivity contribution in [2.75, 3.05) is 49.7 Å². The van der Waals surface area contributed by atoms with Crippen LogP contribution >= 0.6 is 0 Å². The predicted octanol–water partition coefficient (Wildman–Crippen LogP) is 2.09. The minimum atomic E-state index is -0.460. The normalized spacial score (nSPS) is 23.0. The number of ether oxygens (including phenoxy) is 3. The van der Waals surface area contributed by atoms with Gasteiger partial charge in [-0.1, -0.05) is 0 Å². The number of nitrogens with zero attached hydrogens (tertiary/aromatic N) is 1. The second kappa shape index (κ2) is 6.22. The van der Waals surface area contributed by atoms with Crippen molar-refractivity contribution >= 4 is 11.4 Å². The highest BCUT2D eigenvalue weighted by Gasteiger charge is 2.28. The van der Waals surface area contributed by atoms with Crippen molar-refractivity contribution in [3.8, 4) is 0 Å². The third-order valence-electron chi connectivity index (χ3n) is 3.88. The maximum absolute atomic E-state index is 5.66. The van der Waals surface area contributed by atoms with Crippen molar-refractivity contribution in [1.82, 2.24) is 0 Å². The molecule has 5 nitrogen and oxygen atoms in total. The first-order valence-corrected chi connectivity index (χ1v) is 7.60. The molecule has 21 heavy (non-hydrogen) atoms. The van der Waals surface area contributed by atoms with Crippen molar-refractivity contribution in [2.45, 2.75) is 25.7 Å². The molecule has 0 amide bonds. The number of rotatable bonds is 3.